The van der Waals surface area contributed by atoms with E-state index in [0.717, 1.165) is 10.7 Å². The number of rotatable bonds is 3. The predicted octanol–water partition coefficient (Wildman–Crippen LogP) is 1.53. The Kier molecular flexibility index (Phi) is 3.65. The Morgan fingerprint density at radius 3 is 2.94 bits per heavy atom. The lowest BCUT2D eigenvalue weighted by Gasteiger charge is -2.22. The fraction of sp³-hybridized carbons (Fsp3) is 0.583. The number of carbonyl (C=O) groups excluding carboxylic acids is 2. The highest BCUT2D eigenvalue weighted by molar-refractivity contribution is 7.09. The van der Waals surface area contributed by atoms with Crippen LogP contribution < -0.4 is 0 Å². The summed E-state index contributed by atoms with van der Waals surface area (Å²) in [4.78, 5) is 29.5. The number of esters is 1. The van der Waals surface area contributed by atoms with Crippen LogP contribution in [0.25, 0.3) is 0 Å². The van der Waals surface area contributed by atoms with Crippen LogP contribution in [-0.2, 0) is 14.3 Å². The van der Waals surface area contributed by atoms with Crippen LogP contribution >= 0.6 is 11.3 Å². The van der Waals surface area contributed by atoms with Gasteiger partial charge in [-0.05, 0) is 13.8 Å². The van der Waals surface area contributed by atoms with Crippen molar-refractivity contribution >= 4 is 23.2 Å². The summed E-state index contributed by atoms with van der Waals surface area (Å²) in [5.74, 6) is -0.662. The van der Waals surface area contributed by atoms with Crippen LogP contribution in [0.15, 0.2) is 5.38 Å². The molecule has 98 valence electrons. The molecule has 1 aromatic heterocycles. The Morgan fingerprint density at radius 2 is 2.39 bits per heavy atom. The summed E-state index contributed by atoms with van der Waals surface area (Å²) in [6.45, 7) is 4.29. The fourth-order valence-corrected chi connectivity index (χ4v) is 2.99. The zero-order chi connectivity index (χ0) is 13.3. The van der Waals surface area contributed by atoms with Gasteiger partial charge in [-0.2, -0.15) is 0 Å². The Hall–Kier alpha value is -1.43. The average Bonchev–Trinajstić information content (AvgIpc) is 2.94. The van der Waals surface area contributed by atoms with E-state index in [1.54, 1.807) is 16.2 Å². The van der Waals surface area contributed by atoms with Gasteiger partial charge in [-0.25, -0.2) is 4.98 Å². The normalized spacial score (nSPS) is 21.2. The molecule has 0 spiro atoms. The molecule has 5 nitrogen and oxygen atoms in total. The molecule has 0 radical (unpaired) electrons. The first-order valence-electron chi connectivity index (χ1n) is 5.82. The van der Waals surface area contributed by atoms with E-state index < -0.39 is 0 Å². The van der Waals surface area contributed by atoms with E-state index in [-0.39, 0.29) is 30.3 Å². The van der Waals surface area contributed by atoms with Crippen LogP contribution in [0.1, 0.15) is 30.1 Å². The van der Waals surface area contributed by atoms with Gasteiger partial charge in [0, 0.05) is 24.0 Å². The van der Waals surface area contributed by atoms with Crippen LogP contribution in [0.2, 0.25) is 0 Å². The van der Waals surface area contributed by atoms with Crippen molar-refractivity contribution in [3.8, 4) is 0 Å². The molecule has 0 aliphatic carbocycles. The smallest absolute Gasteiger partial charge is 0.310 e. The summed E-state index contributed by atoms with van der Waals surface area (Å²) < 4.78 is 4.69. The summed E-state index contributed by atoms with van der Waals surface area (Å²) in [7, 11) is 1.35. The first-order valence-corrected chi connectivity index (χ1v) is 6.70. The Balaban J connectivity index is 2.10. The number of nitrogens with zero attached hydrogens (tertiary/aromatic N) is 2. The van der Waals surface area contributed by atoms with Crippen molar-refractivity contribution in [1.82, 2.24) is 9.88 Å². The molecule has 0 saturated carbocycles. The van der Waals surface area contributed by atoms with Gasteiger partial charge >= 0.3 is 5.97 Å². The van der Waals surface area contributed by atoms with Crippen molar-refractivity contribution in [2.24, 2.45) is 5.92 Å². The molecule has 1 amide bonds. The number of aryl methyl sites for hydroxylation is 1. The molecule has 6 heteroatoms. The molecule has 2 unspecified atom stereocenters. The molecule has 1 aliphatic heterocycles. The van der Waals surface area contributed by atoms with Crippen LogP contribution in [0.3, 0.4) is 0 Å². The highest BCUT2D eigenvalue weighted by atomic mass is 32.1. The van der Waals surface area contributed by atoms with Crippen molar-refractivity contribution in [3.63, 3.8) is 0 Å². The third-order valence-electron chi connectivity index (χ3n) is 3.15. The molecule has 1 fully saturated rings. The van der Waals surface area contributed by atoms with Gasteiger partial charge in [0.25, 0.3) is 0 Å². The van der Waals surface area contributed by atoms with Crippen LogP contribution in [-0.4, -0.2) is 35.4 Å². The first kappa shape index (κ1) is 13.0. The summed E-state index contributed by atoms with van der Waals surface area (Å²) in [6, 6.07) is -0.0779. The molecule has 2 heterocycles. The molecule has 0 N–H and O–H groups in total. The van der Waals surface area contributed by atoms with Gasteiger partial charge in [-0.3, -0.25) is 9.59 Å². The molecule has 1 saturated heterocycles. The number of carbonyl (C=O) groups is 2. The predicted molar refractivity (Wildman–Crippen MR) is 67.1 cm³/mol. The first-order chi connectivity index (χ1) is 8.52. The minimum Gasteiger partial charge on any atom is -0.469 e. The average molecular weight is 268 g/mol. The standard InChI is InChI=1S/C12H16N2O3S/c1-7-6-18-11(13-7)8(2)14-5-9(4-10(14)15)12(16)17-3/h6,8-9H,4-5H2,1-3H3. The minimum atomic E-state index is -0.342. The van der Waals surface area contributed by atoms with Crippen molar-refractivity contribution in [2.45, 2.75) is 26.3 Å². The Labute approximate surface area is 110 Å². The Morgan fingerprint density at radius 1 is 1.67 bits per heavy atom. The number of aromatic nitrogens is 1. The van der Waals surface area contributed by atoms with E-state index in [2.05, 4.69) is 9.72 Å². The topological polar surface area (TPSA) is 59.5 Å². The zero-order valence-corrected chi connectivity index (χ0v) is 11.5. The highest BCUT2D eigenvalue weighted by Crippen LogP contribution is 2.30. The van der Waals surface area contributed by atoms with E-state index in [1.807, 2.05) is 19.2 Å². The van der Waals surface area contributed by atoms with Gasteiger partial charge in [-0.15, -0.1) is 11.3 Å². The summed E-state index contributed by atoms with van der Waals surface area (Å²) in [5, 5.41) is 2.87. The number of methoxy groups -OCH3 is 1. The van der Waals surface area contributed by atoms with Gasteiger partial charge < -0.3 is 9.64 Å². The molecule has 1 aliphatic rings. The van der Waals surface area contributed by atoms with Gasteiger partial charge in [0.2, 0.25) is 5.91 Å². The van der Waals surface area contributed by atoms with Crippen molar-refractivity contribution in [1.29, 1.82) is 0 Å². The second kappa shape index (κ2) is 5.06. The molecular weight excluding hydrogens is 252 g/mol. The largest absolute Gasteiger partial charge is 0.469 e. The minimum absolute atomic E-state index is 0.00856. The second-order valence-electron chi connectivity index (χ2n) is 4.47. The van der Waals surface area contributed by atoms with E-state index in [0.29, 0.717) is 6.54 Å². The Bertz CT molecular complexity index is 472. The second-order valence-corrected chi connectivity index (χ2v) is 5.36. The lowest BCUT2D eigenvalue weighted by atomic mass is 10.1. The lowest BCUT2D eigenvalue weighted by molar-refractivity contribution is -0.145. The molecular formula is C12H16N2O3S. The van der Waals surface area contributed by atoms with Crippen LogP contribution in [0.4, 0.5) is 0 Å². The van der Waals surface area contributed by atoms with Crippen LogP contribution in [0.5, 0.6) is 0 Å². The number of hydrogen-bond donors (Lipinski definition) is 0. The van der Waals surface area contributed by atoms with Gasteiger partial charge in [0.1, 0.15) is 5.01 Å². The van der Waals surface area contributed by atoms with Gasteiger partial charge in [0.05, 0.1) is 19.1 Å². The summed E-state index contributed by atoms with van der Waals surface area (Å²) >= 11 is 1.54. The summed E-state index contributed by atoms with van der Waals surface area (Å²) in [5.41, 5.74) is 0.956. The van der Waals surface area contributed by atoms with Gasteiger partial charge in [-0.1, -0.05) is 0 Å². The highest BCUT2D eigenvalue weighted by Gasteiger charge is 2.38. The van der Waals surface area contributed by atoms with Crippen LogP contribution in [0, 0.1) is 12.8 Å². The maximum absolute atomic E-state index is 11.9. The lowest BCUT2D eigenvalue weighted by Crippen LogP contribution is -2.29. The van der Waals surface area contributed by atoms with Crippen molar-refractivity contribution in [3.05, 3.63) is 16.1 Å². The quantitative estimate of drug-likeness (QED) is 0.780. The van der Waals surface area contributed by atoms with Gasteiger partial charge in [0.15, 0.2) is 0 Å². The molecule has 2 atom stereocenters. The number of amides is 1. The molecule has 18 heavy (non-hydrogen) atoms. The maximum Gasteiger partial charge on any atom is 0.310 e. The number of ether oxygens (including phenoxy) is 1. The fourth-order valence-electron chi connectivity index (χ4n) is 2.13. The number of likely N-dealkylation sites (tertiary alicyclic amines) is 1. The number of thiazole rings is 1. The van der Waals surface area contributed by atoms with Crippen molar-refractivity contribution in [2.75, 3.05) is 13.7 Å². The monoisotopic (exact) mass is 268 g/mol. The third-order valence-corrected chi connectivity index (χ3v) is 4.29. The SMILES string of the molecule is COC(=O)C1CC(=O)N(C(C)c2nc(C)cs2)C1. The molecule has 1 aromatic rings. The molecule has 0 bridgehead atoms. The summed E-state index contributed by atoms with van der Waals surface area (Å²) in [6.07, 6.45) is 0.237. The van der Waals surface area contributed by atoms with E-state index in [1.165, 1.54) is 7.11 Å². The number of hydrogen-bond acceptors (Lipinski definition) is 5. The zero-order valence-electron chi connectivity index (χ0n) is 10.7. The van der Waals surface area contributed by atoms with Crippen molar-refractivity contribution < 1.29 is 14.3 Å². The van der Waals surface area contributed by atoms with E-state index >= 15 is 0 Å². The molecule has 0 aromatic carbocycles. The molecule has 2 rings (SSSR count). The maximum atomic E-state index is 11.9. The van der Waals surface area contributed by atoms with E-state index in [4.69, 9.17) is 0 Å². The van der Waals surface area contributed by atoms with E-state index in [9.17, 15) is 9.59 Å². The third kappa shape index (κ3) is 2.38.